The molecular formula is C17H14O5. The standard InChI is InChI=1S/C17H14O5/c18-11-8-13-12(10-4-2-1-3-5-10)6-7-22-16(13)14(9-11)15(19)17(20)21/h1-9,12,15,18-19H,(H,20,21). The van der Waals surface area contributed by atoms with Gasteiger partial charge in [-0.1, -0.05) is 30.3 Å². The van der Waals surface area contributed by atoms with E-state index in [4.69, 9.17) is 9.84 Å². The van der Waals surface area contributed by atoms with Crippen molar-refractivity contribution < 1.29 is 24.9 Å². The van der Waals surface area contributed by atoms with Crippen LogP contribution in [0.2, 0.25) is 0 Å². The van der Waals surface area contributed by atoms with Crippen molar-refractivity contribution in [2.75, 3.05) is 0 Å². The lowest BCUT2D eigenvalue weighted by atomic mass is 9.87. The number of aromatic hydroxyl groups is 1. The van der Waals surface area contributed by atoms with E-state index in [1.807, 2.05) is 36.4 Å². The Bertz CT molecular complexity index is 736. The van der Waals surface area contributed by atoms with Gasteiger partial charge in [-0.25, -0.2) is 4.79 Å². The van der Waals surface area contributed by atoms with Gasteiger partial charge in [-0.05, 0) is 23.8 Å². The molecule has 3 rings (SSSR count). The lowest BCUT2D eigenvalue weighted by Crippen LogP contribution is -2.15. The van der Waals surface area contributed by atoms with Crippen LogP contribution >= 0.6 is 0 Å². The second-order valence-electron chi connectivity index (χ2n) is 5.03. The van der Waals surface area contributed by atoms with E-state index in [1.54, 1.807) is 0 Å². The highest BCUT2D eigenvalue weighted by Gasteiger charge is 2.28. The van der Waals surface area contributed by atoms with E-state index in [-0.39, 0.29) is 23.0 Å². The maximum atomic E-state index is 11.0. The second kappa shape index (κ2) is 5.54. The zero-order valence-electron chi connectivity index (χ0n) is 11.5. The van der Waals surface area contributed by atoms with Crippen LogP contribution in [0, 0.1) is 0 Å². The molecule has 0 radical (unpaired) electrons. The summed E-state index contributed by atoms with van der Waals surface area (Å²) >= 11 is 0. The van der Waals surface area contributed by atoms with Gasteiger partial charge in [0.1, 0.15) is 11.5 Å². The van der Waals surface area contributed by atoms with E-state index in [2.05, 4.69) is 0 Å². The summed E-state index contributed by atoms with van der Waals surface area (Å²) in [6, 6.07) is 12.3. The van der Waals surface area contributed by atoms with Gasteiger partial charge >= 0.3 is 5.97 Å². The quantitative estimate of drug-likeness (QED) is 0.810. The largest absolute Gasteiger partial charge is 0.508 e. The fourth-order valence-electron chi connectivity index (χ4n) is 2.60. The fraction of sp³-hybridized carbons (Fsp3) is 0.118. The molecule has 112 valence electrons. The first-order chi connectivity index (χ1) is 10.6. The summed E-state index contributed by atoms with van der Waals surface area (Å²) in [5, 5.41) is 28.7. The number of aliphatic hydroxyl groups excluding tert-OH is 1. The summed E-state index contributed by atoms with van der Waals surface area (Å²) in [6.07, 6.45) is 1.52. The van der Waals surface area contributed by atoms with Crippen LogP contribution < -0.4 is 4.74 Å². The summed E-state index contributed by atoms with van der Waals surface area (Å²) in [7, 11) is 0. The molecule has 1 aliphatic rings. The van der Waals surface area contributed by atoms with Gasteiger partial charge in [0.2, 0.25) is 0 Å². The van der Waals surface area contributed by atoms with Gasteiger partial charge in [0.15, 0.2) is 6.10 Å². The molecule has 2 aromatic rings. The average Bonchev–Trinajstić information content (AvgIpc) is 2.53. The number of phenols is 1. The van der Waals surface area contributed by atoms with Crippen molar-refractivity contribution in [3.63, 3.8) is 0 Å². The number of ether oxygens (including phenoxy) is 1. The zero-order valence-corrected chi connectivity index (χ0v) is 11.5. The molecule has 5 nitrogen and oxygen atoms in total. The molecule has 0 aromatic heterocycles. The van der Waals surface area contributed by atoms with Gasteiger partial charge in [0.05, 0.1) is 6.26 Å². The van der Waals surface area contributed by atoms with Gasteiger partial charge < -0.3 is 20.1 Å². The lowest BCUT2D eigenvalue weighted by molar-refractivity contribution is -0.147. The summed E-state index contributed by atoms with van der Waals surface area (Å²) < 4.78 is 5.42. The third-order valence-electron chi connectivity index (χ3n) is 3.61. The number of hydrogen-bond acceptors (Lipinski definition) is 4. The Labute approximate surface area is 126 Å². The molecule has 1 aliphatic heterocycles. The van der Waals surface area contributed by atoms with E-state index in [1.165, 1.54) is 18.4 Å². The minimum Gasteiger partial charge on any atom is -0.508 e. The number of rotatable bonds is 3. The minimum absolute atomic E-state index is 0.0350. The van der Waals surface area contributed by atoms with E-state index in [0.717, 1.165) is 5.56 Å². The third kappa shape index (κ3) is 2.42. The maximum Gasteiger partial charge on any atom is 0.337 e. The Morgan fingerprint density at radius 2 is 1.91 bits per heavy atom. The molecule has 0 aliphatic carbocycles. The molecular weight excluding hydrogens is 284 g/mol. The SMILES string of the molecule is O=C(O)C(O)c1cc(O)cc2c1OC=CC2c1ccccc1. The van der Waals surface area contributed by atoms with E-state index in [0.29, 0.717) is 5.56 Å². The van der Waals surface area contributed by atoms with E-state index in [9.17, 15) is 15.0 Å². The van der Waals surface area contributed by atoms with Gasteiger partial charge in [0, 0.05) is 17.0 Å². The van der Waals surface area contributed by atoms with Crippen molar-refractivity contribution in [2.45, 2.75) is 12.0 Å². The Hall–Kier alpha value is -2.79. The molecule has 2 aromatic carbocycles. The molecule has 0 saturated carbocycles. The van der Waals surface area contributed by atoms with E-state index < -0.39 is 12.1 Å². The second-order valence-corrected chi connectivity index (χ2v) is 5.03. The van der Waals surface area contributed by atoms with Crippen molar-refractivity contribution in [3.05, 3.63) is 71.5 Å². The predicted octanol–water partition coefficient (Wildman–Crippen LogP) is 2.55. The van der Waals surface area contributed by atoms with Crippen molar-refractivity contribution in [2.24, 2.45) is 0 Å². The molecule has 0 bridgehead atoms. The molecule has 0 fully saturated rings. The number of carbonyl (C=O) groups is 1. The number of benzene rings is 2. The normalized spacial score (nSPS) is 17.4. The summed E-state index contributed by atoms with van der Waals surface area (Å²) in [4.78, 5) is 11.0. The topological polar surface area (TPSA) is 87.0 Å². The van der Waals surface area contributed by atoms with Crippen LogP contribution in [-0.2, 0) is 4.79 Å². The summed E-state index contributed by atoms with van der Waals surface area (Å²) in [5.41, 5.74) is 1.63. The Balaban J connectivity index is 2.15. The molecule has 0 amide bonds. The number of phenolic OH excluding ortho intramolecular Hbond substituents is 1. The van der Waals surface area contributed by atoms with E-state index >= 15 is 0 Å². The highest BCUT2D eigenvalue weighted by Crippen LogP contribution is 2.42. The van der Waals surface area contributed by atoms with Crippen LogP contribution in [0.25, 0.3) is 0 Å². The highest BCUT2D eigenvalue weighted by atomic mass is 16.5. The van der Waals surface area contributed by atoms with Crippen molar-refractivity contribution in [1.82, 2.24) is 0 Å². The maximum absolute atomic E-state index is 11.0. The van der Waals surface area contributed by atoms with Crippen molar-refractivity contribution >= 4 is 5.97 Å². The number of carboxylic acid groups (broad SMARTS) is 1. The number of carboxylic acids is 1. The zero-order chi connectivity index (χ0) is 15.7. The van der Waals surface area contributed by atoms with Crippen LogP contribution in [0.4, 0.5) is 0 Å². The number of allylic oxidation sites excluding steroid dienone is 1. The minimum atomic E-state index is -1.76. The van der Waals surface area contributed by atoms with Crippen LogP contribution in [0.5, 0.6) is 11.5 Å². The Morgan fingerprint density at radius 3 is 2.59 bits per heavy atom. The van der Waals surface area contributed by atoms with Gasteiger partial charge in [0.25, 0.3) is 0 Å². The highest BCUT2D eigenvalue weighted by molar-refractivity contribution is 5.76. The number of hydrogen-bond donors (Lipinski definition) is 3. The van der Waals surface area contributed by atoms with Crippen molar-refractivity contribution in [3.8, 4) is 11.5 Å². The Morgan fingerprint density at radius 1 is 1.18 bits per heavy atom. The molecule has 2 unspecified atom stereocenters. The predicted molar refractivity (Wildman–Crippen MR) is 78.8 cm³/mol. The molecule has 0 spiro atoms. The molecule has 0 saturated heterocycles. The number of fused-ring (bicyclic) bond motifs is 1. The molecule has 22 heavy (non-hydrogen) atoms. The number of aliphatic carboxylic acids is 1. The van der Waals surface area contributed by atoms with Crippen LogP contribution in [0.3, 0.4) is 0 Å². The van der Waals surface area contributed by atoms with Gasteiger partial charge in [-0.3, -0.25) is 0 Å². The van der Waals surface area contributed by atoms with Gasteiger partial charge in [-0.2, -0.15) is 0 Å². The summed E-state index contributed by atoms with van der Waals surface area (Å²) in [6.45, 7) is 0. The first-order valence-electron chi connectivity index (χ1n) is 6.74. The monoisotopic (exact) mass is 298 g/mol. The molecule has 2 atom stereocenters. The Kier molecular flexibility index (Phi) is 3.56. The lowest BCUT2D eigenvalue weighted by Gasteiger charge is -2.24. The van der Waals surface area contributed by atoms with Crippen LogP contribution in [-0.4, -0.2) is 21.3 Å². The first-order valence-corrected chi connectivity index (χ1v) is 6.74. The average molecular weight is 298 g/mol. The molecule has 3 N–H and O–H groups in total. The summed E-state index contributed by atoms with van der Waals surface area (Å²) in [5.74, 6) is -1.43. The van der Waals surface area contributed by atoms with Crippen LogP contribution in [0.1, 0.15) is 28.7 Å². The molecule has 1 heterocycles. The number of aliphatic hydroxyl groups is 1. The first kappa shape index (κ1) is 14.2. The fourth-order valence-corrected chi connectivity index (χ4v) is 2.60. The smallest absolute Gasteiger partial charge is 0.337 e. The molecule has 5 heteroatoms. The third-order valence-corrected chi connectivity index (χ3v) is 3.61. The van der Waals surface area contributed by atoms with Gasteiger partial charge in [-0.15, -0.1) is 0 Å². The van der Waals surface area contributed by atoms with Crippen LogP contribution in [0.15, 0.2) is 54.8 Å². The van der Waals surface area contributed by atoms with Crippen molar-refractivity contribution in [1.29, 1.82) is 0 Å².